The molecule has 10 heteroatoms. The van der Waals surface area contributed by atoms with Crippen molar-refractivity contribution in [3.05, 3.63) is 97.2 Å². The van der Waals surface area contributed by atoms with Crippen LogP contribution in [0, 0.1) is 0 Å². The summed E-state index contributed by atoms with van der Waals surface area (Å²) >= 11 is 0. The molecule has 0 rings (SSSR count). The Hall–Kier alpha value is -3.07. The number of unbranched alkanes of at least 4 members (excludes halogenated alkanes) is 6. The smallest absolute Gasteiger partial charge is 0.462 e. The van der Waals surface area contributed by atoms with E-state index < -0.39 is 32.5 Å². The summed E-state index contributed by atoms with van der Waals surface area (Å²) in [5.41, 5.74) is 0. The van der Waals surface area contributed by atoms with Gasteiger partial charge in [0.25, 0.3) is 0 Å². The van der Waals surface area contributed by atoms with Gasteiger partial charge in [0.2, 0.25) is 0 Å². The van der Waals surface area contributed by atoms with Gasteiger partial charge < -0.3 is 19.3 Å². The van der Waals surface area contributed by atoms with Crippen molar-refractivity contribution < 1.29 is 37.6 Å². The number of carbonyl (C=O) groups is 2. The van der Waals surface area contributed by atoms with Gasteiger partial charge in [0, 0.05) is 19.4 Å². The summed E-state index contributed by atoms with van der Waals surface area (Å²) in [5.74, 6) is -0.930. The highest BCUT2D eigenvalue weighted by Gasteiger charge is 2.26. The number of nitrogens with zero attached hydrogens (tertiary/aromatic N) is 1. The van der Waals surface area contributed by atoms with Crippen LogP contribution in [0.4, 0.5) is 0 Å². The Balaban J connectivity index is 4.52. The van der Waals surface area contributed by atoms with Crippen LogP contribution in [-0.4, -0.2) is 68.3 Å². The lowest BCUT2D eigenvalue weighted by molar-refractivity contribution is -0.161. The van der Waals surface area contributed by atoms with E-state index in [1.165, 1.54) is 25.7 Å². The van der Waals surface area contributed by atoms with Gasteiger partial charge in [-0.05, 0) is 104 Å². The van der Waals surface area contributed by atoms with Crippen LogP contribution in [0.15, 0.2) is 97.2 Å². The van der Waals surface area contributed by atoms with E-state index in [1.807, 2.05) is 20.2 Å². The first-order valence-corrected chi connectivity index (χ1v) is 22.0. The number of ether oxygens (including phenoxy) is 2. The zero-order valence-corrected chi connectivity index (χ0v) is 35.5. The van der Waals surface area contributed by atoms with Crippen LogP contribution in [0.1, 0.15) is 129 Å². The molecule has 0 saturated heterocycles. The number of phosphoric ester groups is 1. The molecule has 0 aromatic rings. The fourth-order valence-electron chi connectivity index (χ4n) is 4.73. The van der Waals surface area contributed by atoms with Crippen molar-refractivity contribution in [2.45, 2.75) is 136 Å². The molecule has 9 nitrogen and oxygen atoms in total. The van der Waals surface area contributed by atoms with Gasteiger partial charge in [0.05, 0.1) is 13.2 Å². The molecule has 0 saturated carbocycles. The van der Waals surface area contributed by atoms with Gasteiger partial charge in [-0.25, -0.2) is 4.57 Å². The van der Waals surface area contributed by atoms with Gasteiger partial charge in [-0.3, -0.25) is 18.6 Å². The third-order valence-corrected chi connectivity index (χ3v) is 8.86. The van der Waals surface area contributed by atoms with Crippen molar-refractivity contribution >= 4 is 19.8 Å². The topological polar surface area (TPSA) is 112 Å². The minimum atomic E-state index is -4.39. The number of allylic oxidation sites excluding steroid dienone is 16. The Bertz CT molecular complexity index is 1230. The minimum Gasteiger partial charge on any atom is -0.462 e. The Kier molecular flexibility index (Phi) is 37.0. The van der Waals surface area contributed by atoms with E-state index in [-0.39, 0.29) is 26.1 Å². The molecule has 0 radical (unpaired) electrons. The number of hydrogen-bond donors (Lipinski definition) is 1. The second-order valence-electron chi connectivity index (χ2n) is 13.4. The first-order valence-electron chi connectivity index (χ1n) is 20.5. The second kappa shape index (κ2) is 39.2. The molecule has 0 aliphatic heterocycles. The van der Waals surface area contributed by atoms with Gasteiger partial charge >= 0.3 is 19.8 Å². The standard InChI is InChI=1S/C45H74NO8P/c1-5-7-9-11-13-15-17-19-21-22-24-25-27-29-31-33-35-37-44(47)51-41-43(42-53-55(49,50)52-40-39-46(3)4)54-45(48)38-36-34-32-30-28-26-23-20-18-16-14-12-10-8-6-2/h8,10,13-16,19-21,23-25,28-31,43H,5-7,9,11-12,17-18,22,26-27,32-42H2,1-4H3,(H,49,50)/b10-8-,15-13-,16-14-,21-19-,23-20-,25-24-,30-28-,31-29-. The number of carbonyl (C=O) groups excluding carboxylic acids is 2. The summed E-state index contributed by atoms with van der Waals surface area (Å²) < 4.78 is 33.3. The van der Waals surface area contributed by atoms with Gasteiger partial charge in [-0.2, -0.15) is 0 Å². The molecular formula is C45H74NO8P. The maximum absolute atomic E-state index is 12.6. The molecule has 0 aromatic carbocycles. The number of phosphoric acid groups is 1. The predicted octanol–water partition coefficient (Wildman–Crippen LogP) is 11.6. The zero-order valence-electron chi connectivity index (χ0n) is 34.6. The summed E-state index contributed by atoms with van der Waals surface area (Å²) in [6.45, 7) is 4.03. The minimum absolute atomic E-state index is 0.0149. The summed E-state index contributed by atoms with van der Waals surface area (Å²) in [6.07, 6.45) is 48.9. The molecule has 0 aliphatic rings. The fraction of sp³-hybridized carbons (Fsp3) is 0.600. The molecule has 0 heterocycles. The molecule has 0 fully saturated rings. The molecular weight excluding hydrogens is 713 g/mol. The summed E-state index contributed by atoms with van der Waals surface area (Å²) in [5, 5.41) is 0. The van der Waals surface area contributed by atoms with Gasteiger partial charge in [0.15, 0.2) is 6.10 Å². The van der Waals surface area contributed by atoms with Crippen LogP contribution in [0.2, 0.25) is 0 Å². The van der Waals surface area contributed by atoms with Crippen LogP contribution in [0.3, 0.4) is 0 Å². The molecule has 2 atom stereocenters. The predicted molar refractivity (Wildman–Crippen MR) is 229 cm³/mol. The molecule has 1 N–H and O–H groups in total. The number of rotatable bonds is 36. The first kappa shape index (κ1) is 51.9. The van der Waals surface area contributed by atoms with Gasteiger partial charge in [-0.15, -0.1) is 0 Å². The largest absolute Gasteiger partial charge is 0.472 e. The lowest BCUT2D eigenvalue weighted by atomic mass is 10.2. The highest BCUT2D eigenvalue weighted by atomic mass is 31.2. The Morgan fingerprint density at radius 1 is 0.582 bits per heavy atom. The van der Waals surface area contributed by atoms with Crippen molar-refractivity contribution in [1.29, 1.82) is 0 Å². The van der Waals surface area contributed by atoms with Crippen LogP contribution in [0.5, 0.6) is 0 Å². The van der Waals surface area contributed by atoms with Crippen molar-refractivity contribution in [3.8, 4) is 0 Å². The Morgan fingerprint density at radius 3 is 1.53 bits per heavy atom. The van der Waals surface area contributed by atoms with Crippen molar-refractivity contribution in [3.63, 3.8) is 0 Å². The quantitative estimate of drug-likeness (QED) is 0.0287. The lowest BCUT2D eigenvalue weighted by Gasteiger charge is -2.20. The average molecular weight is 788 g/mol. The average Bonchev–Trinajstić information content (AvgIpc) is 3.15. The van der Waals surface area contributed by atoms with Crippen LogP contribution >= 0.6 is 7.82 Å². The molecule has 2 unspecified atom stereocenters. The summed E-state index contributed by atoms with van der Waals surface area (Å²) in [4.78, 5) is 36.9. The second-order valence-corrected chi connectivity index (χ2v) is 14.9. The fourth-order valence-corrected chi connectivity index (χ4v) is 5.47. The van der Waals surface area contributed by atoms with Crippen molar-refractivity contribution in [2.24, 2.45) is 0 Å². The number of esters is 2. The van der Waals surface area contributed by atoms with Crippen LogP contribution in [-0.2, 0) is 32.7 Å². The van der Waals surface area contributed by atoms with E-state index in [0.29, 0.717) is 19.4 Å². The summed E-state index contributed by atoms with van der Waals surface area (Å²) in [6, 6.07) is 0. The zero-order chi connectivity index (χ0) is 40.5. The molecule has 0 amide bonds. The molecule has 0 spiro atoms. The van der Waals surface area contributed by atoms with E-state index in [1.54, 1.807) is 4.90 Å². The van der Waals surface area contributed by atoms with E-state index in [9.17, 15) is 19.0 Å². The van der Waals surface area contributed by atoms with E-state index in [0.717, 1.165) is 64.2 Å². The third-order valence-electron chi connectivity index (χ3n) is 7.87. The van der Waals surface area contributed by atoms with E-state index in [2.05, 4.69) is 105 Å². The molecule has 312 valence electrons. The number of hydrogen-bond acceptors (Lipinski definition) is 8. The molecule has 55 heavy (non-hydrogen) atoms. The highest BCUT2D eigenvalue weighted by molar-refractivity contribution is 7.47. The maximum Gasteiger partial charge on any atom is 0.472 e. The SMILES string of the molecule is CC/C=C\C/C=C\C/C=C\C/C=C\CCCCC(=O)OC(COC(=O)CCC/C=C\C/C=C\C/C=C\C/C=C\CCCCC)COP(=O)(O)OCCN(C)C. The molecule has 0 bridgehead atoms. The van der Waals surface area contributed by atoms with Crippen LogP contribution < -0.4 is 0 Å². The third kappa shape index (κ3) is 40.4. The summed E-state index contributed by atoms with van der Waals surface area (Å²) in [7, 11) is -0.771. The van der Waals surface area contributed by atoms with Gasteiger partial charge in [0.1, 0.15) is 6.61 Å². The van der Waals surface area contributed by atoms with E-state index >= 15 is 0 Å². The highest BCUT2D eigenvalue weighted by Crippen LogP contribution is 2.43. The Morgan fingerprint density at radius 2 is 1.04 bits per heavy atom. The number of likely N-dealkylation sites (N-methyl/N-ethyl adjacent to an activating group) is 1. The first-order chi connectivity index (χ1) is 26.7. The van der Waals surface area contributed by atoms with E-state index in [4.69, 9.17) is 18.5 Å². The Labute approximate surface area is 334 Å². The normalized spacial score (nSPS) is 14.4. The van der Waals surface area contributed by atoms with Crippen LogP contribution in [0.25, 0.3) is 0 Å². The maximum atomic E-state index is 12.6. The molecule has 0 aromatic heterocycles. The lowest BCUT2D eigenvalue weighted by Crippen LogP contribution is -2.29. The monoisotopic (exact) mass is 788 g/mol. The van der Waals surface area contributed by atoms with Crippen molar-refractivity contribution in [2.75, 3.05) is 40.5 Å². The molecule has 0 aliphatic carbocycles. The van der Waals surface area contributed by atoms with Crippen molar-refractivity contribution in [1.82, 2.24) is 4.90 Å². The van der Waals surface area contributed by atoms with Gasteiger partial charge in [-0.1, -0.05) is 124 Å².